The lowest BCUT2D eigenvalue weighted by Crippen LogP contribution is -2.41. The fraction of sp³-hybridized carbons (Fsp3) is 0.200. The summed E-state index contributed by atoms with van der Waals surface area (Å²) in [4.78, 5) is 0. The summed E-state index contributed by atoms with van der Waals surface area (Å²) >= 11 is 0. The molecule has 0 fully saturated rings. The van der Waals surface area contributed by atoms with Crippen molar-refractivity contribution in [2.24, 2.45) is 0 Å². The molecule has 0 saturated carbocycles. The second-order valence-electron chi connectivity index (χ2n) is 4.80. The Morgan fingerprint density at radius 3 is 2.89 bits per heavy atom. The zero-order valence-electron chi connectivity index (χ0n) is 10.4. The normalized spacial score (nSPS) is 13.8. The lowest BCUT2D eigenvalue weighted by molar-refractivity contribution is 0.281. The number of aryl methyl sites for hydroxylation is 1. The van der Waals surface area contributed by atoms with Crippen LogP contribution in [0.5, 0.6) is 0 Å². The van der Waals surface area contributed by atoms with Crippen molar-refractivity contribution in [3.8, 4) is 0 Å². The van der Waals surface area contributed by atoms with Gasteiger partial charge in [0.25, 0.3) is 0 Å². The Morgan fingerprint density at radius 2 is 2.11 bits per heavy atom. The Hall–Kier alpha value is -1.58. The van der Waals surface area contributed by atoms with Crippen LogP contribution in [-0.2, 0) is 17.9 Å². The summed E-state index contributed by atoms with van der Waals surface area (Å²) in [6.07, 6.45) is 0. The minimum atomic E-state index is 0.0349. The molecule has 0 bridgehead atoms. The largest absolute Gasteiger partial charge is 0.423 e. The Bertz CT molecular complexity index is 580. The molecule has 0 aliphatic carbocycles. The van der Waals surface area contributed by atoms with E-state index in [9.17, 15) is 0 Å². The van der Waals surface area contributed by atoms with E-state index in [1.165, 1.54) is 22.1 Å². The van der Waals surface area contributed by atoms with Gasteiger partial charge in [0, 0.05) is 0 Å². The van der Waals surface area contributed by atoms with Crippen LogP contribution in [0.15, 0.2) is 42.5 Å². The predicted molar refractivity (Wildman–Crippen MR) is 73.4 cm³/mol. The van der Waals surface area contributed by atoms with Crippen molar-refractivity contribution in [2.45, 2.75) is 20.1 Å². The molecule has 0 unspecified atom stereocenters. The van der Waals surface area contributed by atoms with Crippen LogP contribution in [-0.4, -0.2) is 12.0 Å². The molecule has 0 amide bonds. The SMILES string of the molecule is Cc1cccc(B2OCc3cc(CO)ccc32)c1. The van der Waals surface area contributed by atoms with Gasteiger partial charge in [-0.25, -0.2) is 0 Å². The summed E-state index contributed by atoms with van der Waals surface area (Å²) < 4.78 is 5.88. The van der Waals surface area contributed by atoms with E-state index in [0.717, 1.165) is 5.56 Å². The number of hydrogen-bond donors (Lipinski definition) is 1. The Kier molecular flexibility index (Phi) is 2.94. The van der Waals surface area contributed by atoms with Gasteiger partial charge in [0.1, 0.15) is 0 Å². The van der Waals surface area contributed by atoms with Crippen LogP contribution in [0.4, 0.5) is 0 Å². The highest BCUT2D eigenvalue weighted by atomic mass is 16.4. The summed E-state index contributed by atoms with van der Waals surface area (Å²) in [6, 6.07) is 14.5. The molecule has 18 heavy (non-hydrogen) atoms. The first-order chi connectivity index (χ1) is 8.78. The van der Waals surface area contributed by atoms with Crippen molar-refractivity contribution in [3.63, 3.8) is 0 Å². The molecule has 1 aliphatic rings. The molecule has 2 nitrogen and oxygen atoms in total. The van der Waals surface area contributed by atoms with Crippen molar-refractivity contribution in [1.82, 2.24) is 0 Å². The van der Waals surface area contributed by atoms with Crippen LogP contribution >= 0.6 is 0 Å². The lowest BCUT2D eigenvalue weighted by Gasteiger charge is -2.08. The average Bonchev–Trinajstić information content (AvgIpc) is 2.81. The van der Waals surface area contributed by atoms with E-state index < -0.39 is 0 Å². The smallest absolute Gasteiger partial charge is 0.362 e. The van der Waals surface area contributed by atoms with E-state index in [1.807, 2.05) is 12.1 Å². The molecule has 0 aromatic heterocycles. The second-order valence-corrected chi connectivity index (χ2v) is 4.80. The van der Waals surface area contributed by atoms with Crippen molar-refractivity contribution in [2.75, 3.05) is 0 Å². The standard InChI is InChI=1S/C15H15BO2/c1-11-3-2-4-14(7-11)16-15-6-5-12(9-17)8-13(15)10-18-16/h2-8,17H,9-10H2,1H3. The third-order valence-electron chi connectivity index (χ3n) is 3.42. The van der Waals surface area contributed by atoms with E-state index in [1.54, 1.807) is 0 Å². The number of aliphatic hydroxyl groups excluding tert-OH is 1. The van der Waals surface area contributed by atoms with Gasteiger partial charge in [-0.1, -0.05) is 48.0 Å². The van der Waals surface area contributed by atoms with E-state index in [-0.39, 0.29) is 13.5 Å². The van der Waals surface area contributed by atoms with Crippen LogP contribution in [0.25, 0.3) is 0 Å². The fourth-order valence-corrected chi connectivity index (χ4v) is 2.51. The van der Waals surface area contributed by atoms with Gasteiger partial charge in [-0.3, -0.25) is 0 Å². The third kappa shape index (κ3) is 1.96. The molecule has 1 heterocycles. The molecular weight excluding hydrogens is 223 g/mol. The lowest BCUT2D eigenvalue weighted by atomic mass is 9.55. The molecule has 0 spiro atoms. The summed E-state index contributed by atoms with van der Waals surface area (Å²) in [7, 11) is 0. The Balaban J connectivity index is 2.00. The summed E-state index contributed by atoms with van der Waals surface area (Å²) in [5.74, 6) is 0. The highest BCUT2D eigenvalue weighted by molar-refractivity contribution is 6.81. The van der Waals surface area contributed by atoms with Crippen LogP contribution in [0.2, 0.25) is 0 Å². The van der Waals surface area contributed by atoms with Crippen LogP contribution in [0.3, 0.4) is 0 Å². The first kappa shape index (κ1) is 11.5. The number of aliphatic hydroxyl groups is 1. The van der Waals surface area contributed by atoms with Crippen LogP contribution in [0, 0.1) is 6.92 Å². The zero-order valence-corrected chi connectivity index (χ0v) is 10.4. The zero-order chi connectivity index (χ0) is 12.5. The first-order valence-corrected chi connectivity index (χ1v) is 6.18. The van der Waals surface area contributed by atoms with Gasteiger partial charge >= 0.3 is 6.92 Å². The van der Waals surface area contributed by atoms with Gasteiger partial charge in [0.15, 0.2) is 0 Å². The minimum absolute atomic E-state index is 0.0349. The number of rotatable bonds is 2. The van der Waals surface area contributed by atoms with Gasteiger partial charge < -0.3 is 9.76 Å². The molecule has 0 radical (unpaired) electrons. The van der Waals surface area contributed by atoms with Crippen LogP contribution < -0.4 is 10.9 Å². The van der Waals surface area contributed by atoms with Gasteiger partial charge in [0.2, 0.25) is 0 Å². The number of benzene rings is 2. The van der Waals surface area contributed by atoms with E-state index >= 15 is 0 Å². The van der Waals surface area contributed by atoms with Gasteiger partial charge in [0.05, 0.1) is 13.2 Å². The quantitative estimate of drug-likeness (QED) is 0.794. The molecule has 3 heteroatoms. The minimum Gasteiger partial charge on any atom is -0.423 e. The van der Waals surface area contributed by atoms with E-state index in [2.05, 4.69) is 37.3 Å². The average molecular weight is 238 g/mol. The van der Waals surface area contributed by atoms with Gasteiger partial charge in [-0.15, -0.1) is 0 Å². The molecule has 2 aromatic rings. The van der Waals surface area contributed by atoms with Crippen molar-refractivity contribution in [3.05, 3.63) is 59.2 Å². The molecule has 90 valence electrons. The maximum absolute atomic E-state index is 9.15. The van der Waals surface area contributed by atoms with E-state index in [0.29, 0.717) is 6.61 Å². The molecule has 2 aromatic carbocycles. The molecule has 0 saturated heterocycles. The van der Waals surface area contributed by atoms with Gasteiger partial charge in [-0.05, 0) is 29.0 Å². The molecule has 1 N–H and O–H groups in total. The summed E-state index contributed by atoms with van der Waals surface area (Å²) in [5, 5.41) is 9.15. The maximum Gasteiger partial charge on any atom is 0.362 e. The Labute approximate surface area is 107 Å². The molecule has 0 atom stereocenters. The van der Waals surface area contributed by atoms with Crippen molar-refractivity contribution < 1.29 is 9.76 Å². The first-order valence-electron chi connectivity index (χ1n) is 6.18. The molecular formula is C15H15BO2. The van der Waals surface area contributed by atoms with Gasteiger partial charge in [-0.2, -0.15) is 0 Å². The number of hydrogen-bond acceptors (Lipinski definition) is 2. The summed E-state index contributed by atoms with van der Waals surface area (Å²) in [5.41, 5.74) is 5.80. The summed E-state index contributed by atoms with van der Waals surface area (Å²) in [6.45, 7) is 2.84. The van der Waals surface area contributed by atoms with Crippen molar-refractivity contribution >= 4 is 17.8 Å². The van der Waals surface area contributed by atoms with Crippen LogP contribution in [0.1, 0.15) is 16.7 Å². The van der Waals surface area contributed by atoms with E-state index in [4.69, 9.17) is 9.76 Å². The second kappa shape index (κ2) is 4.60. The maximum atomic E-state index is 9.15. The monoisotopic (exact) mass is 238 g/mol. The number of fused-ring (bicyclic) bond motifs is 1. The highest BCUT2D eigenvalue weighted by Gasteiger charge is 2.29. The van der Waals surface area contributed by atoms with Crippen molar-refractivity contribution in [1.29, 1.82) is 0 Å². The molecule has 1 aliphatic heterocycles. The third-order valence-corrected chi connectivity index (χ3v) is 3.42. The fourth-order valence-electron chi connectivity index (χ4n) is 2.51. The Morgan fingerprint density at radius 1 is 1.22 bits per heavy atom. The molecule has 3 rings (SSSR count). The highest BCUT2D eigenvalue weighted by Crippen LogP contribution is 2.13. The topological polar surface area (TPSA) is 29.5 Å². The predicted octanol–water partition coefficient (Wildman–Crippen LogP) is 1.12.